The van der Waals surface area contributed by atoms with Crippen molar-refractivity contribution in [1.82, 2.24) is 24.9 Å². The molecule has 0 saturated heterocycles. The van der Waals surface area contributed by atoms with Crippen molar-refractivity contribution in [3.8, 4) is 5.75 Å². The third kappa shape index (κ3) is 5.64. The number of aryl methyl sites for hydroxylation is 1. The number of benzene rings is 1. The number of hydrogen-bond acceptors (Lipinski definition) is 7. The van der Waals surface area contributed by atoms with Gasteiger partial charge in [0.25, 0.3) is 0 Å². The van der Waals surface area contributed by atoms with Crippen LogP contribution < -0.4 is 15.4 Å². The minimum absolute atomic E-state index is 0.0303. The molecule has 32 heavy (non-hydrogen) atoms. The zero-order valence-electron chi connectivity index (χ0n) is 19.6. The van der Waals surface area contributed by atoms with Gasteiger partial charge in [-0.25, -0.2) is 4.98 Å². The number of unbranched alkanes of at least 4 members (excludes halogenated alkanes) is 1. The van der Waals surface area contributed by atoms with E-state index < -0.39 is 0 Å². The molecule has 2 aromatic heterocycles. The number of aromatic nitrogens is 4. The fraction of sp³-hybridized carbons (Fsp3) is 0.565. The highest BCUT2D eigenvalue weighted by atomic mass is 16.5. The van der Waals surface area contributed by atoms with Crippen LogP contribution in [-0.4, -0.2) is 58.9 Å². The van der Waals surface area contributed by atoms with Crippen molar-refractivity contribution >= 4 is 28.4 Å². The highest BCUT2D eigenvalue weighted by Crippen LogP contribution is 2.25. The number of fused-ring (bicyclic) bond motifs is 3. The Labute approximate surface area is 188 Å². The van der Waals surface area contributed by atoms with Crippen LogP contribution in [-0.2, 0) is 9.53 Å². The summed E-state index contributed by atoms with van der Waals surface area (Å²) in [6, 6.07) is 5.80. The molecule has 2 N–H and O–H groups in total. The predicted molar refractivity (Wildman–Crippen MR) is 125 cm³/mol. The summed E-state index contributed by atoms with van der Waals surface area (Å²) in [4.78, 5) is 16.8. The first kappa shape index (κ1) is 23.7. The Morgan fingerprint density at radius 1 is 1.12 bits per heavy atom. The summed E-state index contributed by atoms with van der Waals surface area (Å²) in [6.07, 6.45) is 1.78. The molecule has 3 rings (SSSR count). The first-order valence-corrected chi connectivity index (χ1v) is 11.2. The van der Waals surface area contributed by atoms with Crippen LogP contribution in [0.25, 0.3) is 16.7 Å². The van der Waals surface area contributed by atoms with Gasteiger partial charge in [-0.1, -0.05) is 20.8 Å². The average molecular weight is 443 g/mol. The van der Waals surface area contributed by atoms with Crippen molar-refractivity contribution in [2.24, 2.45) is 11.8 Å². The molecule has 0 radical (unpaired) electrons. The summed E-state index contributed by atoms with van der Waals surface area (Å²) >= 11 is 0. The Bertz CT molecular complexity index is 1050. The molecule has 0 aliphatic heterocycles. The van der Waals surface area contributed by atoms with E-state index in [1.807, 2.05) is 36.4 Å². The van der Waals surface area contributed by atoms with Crippen LogP contribution in [0.5, 0.6) is 5.75 Å². The van der Waals surface area contributed by atoms with Crippen molar-refractivity contribution in [2.75, 3.05) is 38.7 Å². The molecule has 3 aromatic rings. The van der Waals surface area contributed by atoms with Gasteiger partial charge in [0, 0.05) is 32.2 Å². The van der Waals surface area contributed by atoms with E-state index in [2.05, 4.69) is 34.7 Å². The van der Waals surface area contributed by atoms with Crippen LogP contribution in [0.15, 0.2) is 18.2 Å². The Hall–Kier alpha value is -2.94. The Morgan fingerprint density at radius 2 is 1.91 bits per heavy atom. The summed E-state index contributed by atoms with van der Waals surface area (Å²) in [7, 11) is 1.65. The second kappa shape index (κ2) is 11.1. The molecule has 1 amide bonds. The van der Waals surface area contributed by atoms with Gasteiger partial charge < -0.3 is 20.1 Å². The molecule has 9 nitrogen and oxygen atoms in total. The Kier molecular flexibility index (Phi) is 8.21. The van der Waals surface area contributed by atoms with Crippen molar-refractivity contribution in [1.29, 1.82) is 0 Å². The number of anilines is 1. The molecule has 1 atom stereocenters. The number of carbonyl (C=O) groups excluding carboxylic acids is 1. The van der Waals surface area contributed by atoms with Gasteiger partial charge >= 0.3 is 0 Å². The largest absolute Gasteiger partial charge is 0.491 e. The standard InChI is InChI=1S/C23H34N6O3/c1-15(2)16(3)23(30)25-11-7-6-10-24-21-22-28-27-17(4)29(22)20-9-8-18(14-19(20)26-21)32-13-12-31-5/h8-9,14-16H,6-7,10-13H2,1-5H3,(H,24,26)(H,25,30)/t16-/m0/s1. The molecule has 1 aromatic carbocycles. The zero-order valence-corrected chi connectivity index (χ0v) is 19.6. The van der Waals surface area contributed by atoms with Crippen LogP contribution in [0.1, 0.15) is 39.4 Å². The summed E-state index contributed by atoms with van der Waals surface area (Å²) in [6.45, 7) is 10.4. The quantitative estimate of drug-likeness (QED) is 0.415. The molecule has 9 heteroatoms. The fourth-order valence-electron chi connectivity index (χ4n) is 3.34. The van der Waals surface area contributed by atoms with E-state index in [0.29, 0.717) is 37.1 Å². The van der Waals surface area contributed by atoms with Crippen LogP contribution in [0.3, 0.4) is 0 Å². The zero-order chi connectivity index (χ0) is 23.1. The maximum Gasteiger partial charge on any atom is 0.223 e. The number of carbonyl (C=O) groups is 1. The van der Waals surface area contributed by atoms with Crippen LogP contribution in [0, 0.1) is 18.8 Å². The summed E-state index contributed by atoms with van der Waals surface area (Å²) in [5, 5.41) is 14.9. The van der Waals surface area contributed by atoms with Gasteiger partial charge in [0.15, 0.2) is 5.82 Å². The lowest BCUT2D eigenvalue weighted by Crippen LogP contribution is -2.32. The topological polar surface area (TPSA) is 103 Å². The van der Waals surface area contributed by atoms with E-state index in [9.17, 15) is 4.79 Å². The number of nitrogens with zero attached hydrogens (tertiary/aromatic N) is 4. The van der Waals surface area contributed by atoms with Gasteiger partial charge in [0.1, 0.15) is 18.2 Å². The lowest BCUT2D eigenvalue weighted by Gasteiger charge is -2.15. The monoisotopic (exact) mass is 442 g/mol. The molecule has 0 unspecified atom stereocenters. The lowest BCUT2D eigenvalue weighted by molar-refractivity contribution is -0.125. The van der Waals surface area contributed by atoms with Crippen LogP contribution >= 0.6 is 0 Å². The third-order valence-corrected chi connectivity index (χ3v) is 5.62. The van der Waals surface area contributed by atoms with E-state index in [1.54, 1.807) is 7.11 Å². The highest BCUT2D eigenvalue weighted by Gasteiger charge is 2.16. The Morgan fingerprint density at radius 3 is 2.66 bits per heavy atom. The first-order chi connectivity index (χ1) is 15.4. The molecule has 0 aliphatic carbocycles. The number of hydrogen-bond donors (Lipinski definition) is 2. The molecular weight excluding hydrogens is 408 g/mol. The average Bonchev–Trinajstić information content (AvgIpc) is 3.17. The van der Waals surface area contributed by atoms with Gasteiger partial charge in [-0.2, -0.15) is 0 Å². The van der Waals surface area contributed by atoms with E-state index in [0.717, 1.165) is 42.0 Å². The minimum Gasteiger partial charge on any atom is -0.491 e. The van der Waals surface area contributed by atoms with Gasteiger partial charge in [0.2, 0.25) is 11.6 Å². The fourth-order valence-corrected chi connectivity index (χ4v) is 3.34. The maximum atomic E-state index is 12.1. The number of nitrogens with one attached hydrogen (secondary N) is 2. The van der Waals surface area contributed by atoms with Crippen LogP contribution in [0.2, 0.25) is 0 Å². The molecule has 0 fully saturated rings. The van der Waals surface area contributed by atoms with Crippen molar-refractivity contribution in [3.05, 3.63) is 24.0 Å². The van der Waals surface area contributed by atoms with E-state index >= 15 is 0 Å². The third-order valence-electron chi connectivity index (χ3n) is 5.62. The van der Waals surface area contributed by atoms with Crippen molar-refractivity contribution in [2.45, 2.75) is 40.5 Å². The molecule has 0 bridgehead atoms. The molecule has 0 aliphatic rings. The van der Waals surface area contributed by atoms with E-state index in [4.69, 9.17) is 14.5 Å². The van der Waals surface area contributed by atoms with Crippen LogP contribution in [0.4, 0.5) is 5.82 Å². The van der Waals surface area contributed by atoms with E-state index in [1.165, 1.54) is 0 Å². The molecular formula is C23H34N6O3. The molecule has 2 heterocycles. The maximum absolute atomic E-state index is 12.1. The summed E-state index contributed by atoms with van der Waals surface area (Å²) < 4.78 is 12.8. The van der Waals surface area contributed by atoms with Crippen molar-refractivity contribution in [3.63, 3.8) is 0 Å². The second-order valence-electron chi connectivity index (χ2n) is 8.32. The normalized spacial score (nSPS) is 12.4. The predicted octanol–water partition coefficient (Wildman–Crippen LogP) is 3.21. The Balaban J connectivity index is 1.64. The minimum atomic E-state index is 0.0303. The molecule has 174 valence electrons. The SMILES string of the molecule is COCCOc1ccc2c(c1)nc(NCCCCNC(=O)[C@@H](C)C(C)C)c1nnc(C)n12. The number of methoxy groups -OCH3 is 1. The van der Waals surface area contributed by atoms with Gasteiger partial charge in [-0.3, -0.25) is 9.20 Å². The molecule has 0 spiro atoms. The second-order valence-corrected chi connectivity index (χ2v) is 8.32. The summed E-state index contributed by atoms with van der Waals surface area (Å²) in [5.74, 6) is 2.71. The van der Waals surface area contributed by atoms with Gasteiger partial charge in [-0.05, 0) is 37.8 Å². The van der Waals surface area contributed by atoms with Gasteiger partial charge in [0.05, 0.1) is 17.6 Å². The highest BCUT2D eigenvalue weighted by molar-refractivity contribution is 5.84. The summed E-state index contributed by atoms with van der Waals surface area (Å²) in [5.41, 5.74) is 2.42. The number of ether oxygens (including phenoxy) is 2. The number of rotatable bonds is 12. The molecule has 0 saturated carbocycles. The number of amides is 1. The smallest absolute Gasteiger partial charge is 0.223 e. The van der Waals surface area contributed by atoms with Crippen molar-refractivity contribution < 1.29 is 14.3 Å². The van der Waals surface area contributed by atoms with E-state index in [-0.39, 0.29) is 11.8 Å². The lowest BCUT2D eigenvalue weighted by atomic mass is 9.97. The first-order valence-electron chi connectivity index (χ1n) is 11.2. The van der Waals surface area contributed by atoms with Gasteiger partial charge in [-0.15, -0.1) is 10.2 Å².